The predicted molar refractivity (Wildman–Crippen MR) is 57.3 cm³/mol. The molecule has 0 saturated carbocycles. The average Bonchev–Trinajstić information content (AvgIpc) is 2.08. The standard InChI is InChI=1S/C10H13ClN2/c1-13(2)12-8-7-9-5-3-4-6-10(9)11/h3-6,8H,7H2,1-2H3/b12-8+. The maximum Gasteiger partial charge on any atom is 0.0441 e. The summed E-state index contributed by atoms with van der Waals surface area (Å²) in [7, 11) is 3.78. The lowest BCUT2D eigenvalue weighted by Gasteiger charge is -2.03. The van der Waals surface area contributed by atoms with Gasteiger partial charge in [-0.2, -0.15) is 5.10 Å². The van der Waals surface area contributed by atoms with E-state index in [2.05, 4.69) is 5.10 Å². The molecule has 0 aliphatic heterocycles. The molecule has 0 amide bonds. The second kappa shape index (κ2) is 4.87. The van der Waals surface area contributed by atoms with Gasteiger partial charge in [-0.15, -0.1) is 0 Å². The van der Waals surface area contributed by atoms with Crippen LogP contribution in [0.25, 0.3) is 0 Å². The fourth-order valence-electron chi connectivity index (χ4n) is 0.966. The second-order valence-electron chi connectivity index (χ2n) is 2.94. The van der Waals surface area contributed by atoms with Crippen molar-refractivity contribution in [1.82, 2.24) is 5.01 Å². The number of hydrazone groups is 1. The third-order valence-electron chi connectivity index (χ3n) is 1.58. The van der Waals surface area contributed by atoms with Gasteiger partial charge in [0.25, 0.3) is 0 Å². The molecular formula is C10H13ClN2. The summed E-state index contributed by atoms with van der Waals surface area (Å²) >= 11 is 5.96. The molecule has 2 nitrogen and oxygen atoms in total. The molecule has 0 unspecified atom stereocenters. The van der Waals surface area contributed by atoms with E-state index in [1.165, 1.54) is 0 Å². The largest absolute Gasteiger partial charge is 0.303 e. The van der Waals surface area contributed by atoms with Crippen LogP contribution in [0.15, 0.2) is 29.4 Å². The summed E-state index contributed by atoms with van der Waals surface area (Å²) in [5.41, 5.74) is 1.11. The molecule has 0 aliphatic carbocycles. The van der Waals surface area contributed by atoms with E-state index in [4.69, 9.17) is 11.6 Å². The molecule has 0 aliphatic rings. The van der Waals surface area contributed by atoms with E-state index in [9.17, 15) is 0 Å². The second-order valence-corrected chi connectivity index (χ2v) is 3.35. The lowest BCUT2D eigenvalue weighted by molar-refractivity contribution is 0.439. The van der Waals surface area contributed by atoms with Crippen molar-refractivity contribution in [2.45, 2.75) is 6.42 Å². The molecule has 0 N–H and O–H groups in total. The fraction of sp³-hybridized carbons (Fsp3) is 0.300. The first-order valence-electron chi connectivity index (χ1n) is 4.13. The summed E-state index contributed by atoms with van der Waals surface area (Å²) in [5, 5.41) is 6.67. The van der Waals surface area contributed by atoms with Gasteiger partial charge in [0.1, 0.15) is 0 Å². The van der Waals surface area contributed by atoms with Crippen molar-refractivity contribution in [3.8, 4) is 0 Å². The molecule has 0 heterocycles. The van der Waals surface area contributed by atoms with Crippen LogP contribution in [-0.2, 0) is 6.42 Å². The minimum atomic E-state index is 0.776. The van der Waals surface area contributed by atoms with Crippen molar-refractivity contribution in [1.29, 1.82) is 0 Å². The average molecular weight is 197 g/mol. The molecule has 0 saturated heterocycles. The molecule has 1 aromatic rings. The van der Waals surface area contributed by atoms with Crippen molar-refractivity contribution in [3.63, 3.8) is 0 Å². The van der Waals surface area contributed by atoms with E-state index >= 15 is 0 Å². The Morgan fingerprint density at radius 1 is 1.38 bits per heavy atom. The lowest BCUT2D eigenvalue weighted by Crippen LogP contribution is -2.02. The van der Waals surface area contributed by atoms with Gasteiger partial charge in [0.2, 0.25) is 0 Å². The minimum Gasteiger partial charge on any atom is -0.303 e. The van der Waals surface area contributed by atoms with Crippen molar-refractivity contribution >= 4 is 17.8 Å². The SMILES string of the molecule is CN(C)/N=C/Cc1ccccc1Cl. The Kier molecular flexibility index (Phi) is 3.77. The van der Waals surface area contributed by atoms with E-state index in [1.54, 1.807) is 5.01 Å². The van der Waals surface area contributed by atoms with Crippen molar-refractivity contribution in [2.75, 3.05) is 14.1 Å². The summed E-state index contributed by atoms with van der Waals surface area (Å²) in [6, 6.07) is 7.80. The number of nitrogens with zero attached hydrogens (tertiary/aromatic N) is 2. The van der Waals surface area contributed by atoms with Crippen LogP contribution in [0.3, 0.4) is 0 Å². The Hall–Kier alpha value is -1.02. The zero-order valence-electron chi connectivity index (χ0n) is 7.87. The molecule has 0 fully saturated rings. The molecule has 1 rings (SSSR count). The highest BCUT2D eigenvalue weighted by Gasteiger charge is 1.95. The molecule has 1 aromatic carbocycles. The molecule has 0 spiro atoms. The van der Waals surface area contributed by atoms with E-state index in [0.717, 1.165) is 17.0 Å². The van der Waals surface area contributed by atoms with E-state index < -0.39 is 0 Å². The molecule has 70 valence electrons. The summed E-state index contributed by atoms with van der Waals surface area (Å²) < 4.78 is 0. The topological polar surface area (TPSA) is 15.6 Å². The minimum absolute atomic E-state index is 0.776. The quantitative estimate of drug-likeness (QED) is 0.536. The van der Waals surface area contributed by atoms with Crippen LogP contribution in [0.5, 0.6) is 0 Å². The fourth-order valence-corrected chi connectivity index (χ4v) is 1.18. The number of halogens is 1. The first kappa shape index (κ1) is 10.1. The van der Waals surface area contributed by atoms with Gasteiger partial charge in [-0.05, 0) is 11.6 Å². The smallest absolute Gasteiger partial charge is 0.0441 e. The van der Waals surface area contributed by atoms with Gasteiger partial charge in [0.15, 0.2) is 0 Å². The summed E-state index contributed by atoms with van der Waals surface area (Å²) in [6.45, 7) is 0. The maximum atomic E-state index is 5.96. The van der Waals surface area contributed by atoms with Crippen LogP contribution in [0.2, 0.25) is 5.02 Å². The van der Waals surface area contributed by atoms with Crippen LogP contribution in [0.4, 0.5) is 0 Å². The Labute approximate surface area is 83.8 Å². The highest BCUT2D eigenvalue weighted by Crippen LogP contribution is 2.14. The molecule has 13 heavy (non-hydrogen) atoms. The summed E-state index contributed by atoms with van der Waals surface area (Å²) in [4.78, 5) is 0. The molecule has 0 bridgehead atoms. The first-order chi connectivity index (χ1) is 6.20. The van der Waals surface area contributed by atoms with E-state index in [-0.39, 0.29) is 0 Å². The molecular weight excluding hydrogens is 184 g/mol. The highest BCUT2D eigenvalue weighted by atomic mass is 35.5. The zero-order chi connectivity index (χ0) is 9.68. The Morgan fingerprint density at radius 2 is 2.08 bits per heavy atom. The number of hydrogen-bond donors (Lipinski definition) is 0. The summed E-state index contributed by atoms with van der Waals surface area (Å²) in [6.07, 6.45) is 2.62. The molecule has 0 aromatic heterocycles. The molecule has 3 heteroatoms. The van der Waals surface area contributed by atoms with Crippen LogP contribution in [0, 0.1) is 0 Å². The van der Waals surface area contributed by atoms with Crippen LogP contribution in [-0.4, -0.2) is 25.3 Å². The Balaban J connectivity index is 2.59. The zero-order valence-corrected chi connectivity index (χ0v) is 8.62. The summed E-state index contributed by atoms with van der Waals surface area (Å²) in [5.74, 6) is 0. The van der Waals surface area contributed by atoms with Gasteiger partial charge in [0.05, 0.1) is 0 Å². The number of hydrogen-bond acceptors (Lipinski definition) is 2. The van der Waals surface area contributed by atoms with Crippen LogP contribution >= 0.6 is 11.6 Å². The lowest BCUT2D eigenvalue weighted by atomic mass is 10.2. The van der Waals surface area contributed by atoms with Crippen LogP contribution < -0.4 is 0 Å². The normalized spacial score (nSPS) is 10.7. The molecule has 0 radical (unpaired) electrons. The van der Waals surface area contributed by atoms with Gasteiger partial charge < -0.3 is 5.01 Å². The number of rotatable bonds is 3. The highest BCUT2D eigenvalue weighted by molar-refractivity contribution is 6.31. The van der Waals surface area contributed by atoms with Crippen LogP contribution in [0.1, 0.15) is 5.56 Å². The van der Waals surface area contributed by atoms with Gasteiger partial charge in [0, 0.05) is 31.8 Å². The Morgan fingerprint density at radius 3 is 2.69 bits per heavy atom. The first-order valence-corrected chi connectivity index (χ1v) is 4.51. The van der Waals surface area contributed by atoms with Gasteiger partial charge >= 0.3 is 0 Å². The van der Waals surface area contributed by atoms with Crippen molar-refractivity contribution in [3.05, 3.63) is 34.9 Å². The van der Waals surface area contributed by atoms with Gasteiger partial charge in [-0.3, -0.25) is 0 Å². The predicted octanol–water partition coefficient (Wildman–Crippen LogP) is 2.43. The monoisotopic (exact) mass is 196 g/mol. The third-order valence-corrected chi connectivity index (χ3v) is 1.95. The number of benzene rings is 1. The van der Waals surface area contributed by atoms with Gasteiger partial charge in [-0.25, -0.2) is 0 Å². The Bertz CT molecular complexity index is 295. The van der Waals surface area contributed by atoms with Gasteiger partial charge in [-0.1, -0.05) is 29.8 Å². The third kappa shape index (κ3) is 3.47. The van der Waals surface area contributed by atoms with E-state index in [0.29, 0.717) is 0 Å². The maximum absolute atomic E-state index is 5.96. The van der Waals surface area contributed by atoms with E-state index in [1.807, 2.05) is 44.6 Å². The molecule has 0 atom stereocenters. The van der Waals surface area contributed by atoms with Crippen molar-refractivity contribution in [2.24, 2.45) is 5.10 Å². The van der Waals surface area contributed by atoms with Crippen molar-refractivity contribution < 1.29 is 0 Å².